The quantitative estimate of drug-likeness (QED) is 0.719. The Morgan fingerprint density at radius 1 is 0.826 bits per heavy atom. The van der Waals surface area contributed by atoms with Crippen LogP contribution < -0.4 is 14.2 Å². The minimum absolute atomic E-state index is 0.447. The van der Waals surface area contributed by atoms with Crippen LogP contribution in [0.25, 0.3) is 22.8 Å². The number of hydrogen-bond donors (Lipinski definition) is 0. The molecule has 0 saturated carbocycles. The van der Waals surface area contributed by atoms with Gasteiger partial charge in [0.05, 0.1) is 21.3 Å². The molecule has 1 aromatic heterocycles. The highest BCUT2D eigenvalue weighted by molar-refractivity contribution is 5.67. The molecule has 0 aliphatic carbocycles. The van der Waals surface area contributed by atoms with Gasteiger partial charge in [-0.15, -0.1) is 0 Å². The average molecular weight is 312 g/mol. The topological polar surface area (TPSA) is 66.6 Å². The van der Waals surface area contributed by atoms with Crippen molar-refractivity contribution in [3.8, 4) is 40.1 Å². The third-order valence-electron chi connectivity index (χ3n) is 3.37. The molecule has 0 saturated heterocycles. The average Bonchev–Trinajstić information content (AvgIpc) is 3.11. The van der Waals surface area contributed by atoms with Crippen LogP contribution in [-0.2, 0) is 0 Å². The summed E-state index contributed by atoms with van der Waals surface area (Å²) in [5.74, 6) is 2.49. The third-order valence-corrected chi connectivity index (χ3v) is 3.37. The third kappa shape index (κ3) is 2.83. The van der Waals surface area contributed by atoms with Gasteiger partial charge in [-0.05, 0) is 24.3 Å². The molecule has 0 atom stereocenters. The van der Waals surface area contributed by atoms with Gasteiger partial charge in [0, 0.05) is 11.1 Å². The van der Waals surface area contributed by atoms with Crippen molar-refractivity contribution in [3.63, 3.8) is 0 Å². The summed E-state index contributed by atoms with van der Waals surface area (Å²) in [6.45, 7) is 0. The molecule has 0 aliphatic heterocycles. The van der Waals surface area contributed by atoms with Gasteiger partial charge in [-0.3, -0.25) is 0 Å². The molecule has 3 aromatic rings. The van der Waals surface area contributed by atoms with Crippen LogP contribution in [0.4, 0.5) is 0 Å². The van der Waals surface area contributed by atoms with E-state index in [0.29, 0.717) is 34.5 Å². The first-order valence-electron chi connectivity index (χ1n) is 6.96. The second-order valence-electron chi connectivity index (χ2n) is 4.70. The summed E-state index contributed by atoms with van der Waals surface area (Å²) >= 11 is 0. The Kier molecular flexibility index (Phi) is 4.14. The van der Waals surface area contributed by atoms with Gasteiger partial charge in [0.1, 0.15) is 0 Å². The Morgan fingerprint density at radius 2 is 1.48 bits per heavy atom. The number of hydrogen-bond acceptors (Lipinski definition) is 6. The van der Waals surface area contributed by atoms with Crippen LogP contribution in [0.2, 0.25) is 0 Å². The summed E-state index contributed by atoms with van der Waals surface area (Å²) in [4.78, 5) is 4.43. The predicted octanol–water partition coefficient (Wildman–Crippen LogP) is 3.43. The molecule has 2 aromatic carbocycles. The van der Waals surface area contributed by atoms with E-state index in [0.717, 1.165) is 5.56 Å². The maximum absolute atomic E-state index is 5.34. The molecule has 0 spiro atoms. The Morgan fingerprint density at radius 3 is 2.04 bits per heavy atom. The van der Waals surface area contributed by atoms with Crippen molar-refractivity contribution in [1.29, 1.82) is 0 Å². The van der Waals surface area contributed by atoms with E-state index in [-0.39, 0.29) is 0 Å². The van der Waals surface area contributed by atoms with Crippen molar-refractivity contribution in [2.24, 2.45) is 0 Å². The number of benzene rings is 2. The van der Waals surface area contributed by atoms with Gasteiger partial charge in [-0.2, -0.15) is 4.98 Å². The van der Waals surface area contributed by atoms with Gasteiger partial charge < -0.3 is 18.7 Å². The Balaban J connectivity index is 2.04. The van der Waals surface area contributed by atoms with Gasteiger partial charge in [0.15, 0.2) is 11.5 Å². The standard InChI is InChI=1S/C17H16N2O4/c1-20-13-9-12(10-14(21-2)15(13)22-3)16-18-17(23-19-16)11-7-5-4-6-8-11/h4-10H,1-3H3. The lowest BCUT2D eigenvalue weighted by Crippen LogP contribution is -1.96. The van der Waals surface area contributed by atoms with E-state index < -0.39 is 0 Å². The number of aromatic nitrogens is 2. The highest BCUT2D eigenvalue weighted by Crippen LogP contribution is 2.40. The summed E-state index contributed by atoms with van der Waals surface area (Å²) in [5.41, 5.74) is 1.57. The van der Waals surface area contributed by atoms with Crippen LogP contribution in [0.5, 0.6) is 17.2 Å². The summed E-state index contributed by atoms with van der Waals surface area (Å²) in [7, 11) is 4.68. The molecule has 0 unspecified atom stereocenters. The lowest BCUT2D eigenvalue weighted by molar-refractivity contribution is 0.324. The van der Waals surface area contributed by atoms with Crippen molar-refractivity contribution < 1.29 is 18.7 Å². The molecule has 3 rings (SSSR count). The highest BCUT2D eigenvalue weighted by atomic mass is 16.5. The maximum atomic E-state index is 5.34. The molecule has 6 heteroatoms. The number of rotatable bonds is 5. The van der Waals surface area contributed by atoms with Crippen LogP contribution in [0.1, 0.15) is 0 Å². The van der Waals surface area contributed by atoms with Crippen LogP contribution >= 0.6 is 0 Å². The van der Waals surface area contributed by atoms with E-state index in [2.05, 4.69) is 10.1 Å². The summed E-state index contributed by atoms with van der Waals surface area (Å²) in [6.07, 6.45) is 0. The zero-order valence-electron chi connectivity index (χ0n) is 13.1. The molecule has 0 radical (unpaired) electrons. The van der Waals surface area contributed by atoms with Gasteiger partial charge in [-0.25, -0.2) is 0 Å². The molecular weight excluding hydrogens is 296 g/mol. The monoisotopic (exact) mass is 312 g/mol. The van der Waals surface area contributed by atoms with E-state index in [1.54, 1.807) is 33.5 Å². The number of ether oxygens (including phenoxy) is 3. The van der Waals surface area contributed by atoms with Crippen LogP contribution in [0, 0.1) is 0 Å². The molecule has 0 aliphatic rings. The molecular formula is C17H16N2O4. The molecule has 0 amide bonds. The first-order chi connectivity index (χ1) is 11.3. The Bertz CT molecular complexity index is 774. The van der Waals surface area contributed by atoms with Gasteiger partial charge >= 0.3 is 0 Å². The predicted molar refractivity (Wildman–Crippen MR) is 84.8 cm³/mol. The zero-order chi connectivity index (χ0) is 16.2. The molecule has 1 heterocycles. The highest BCUT2D eigenvalue weighted by Gasteiger charge is 2.17. The Hall–Kier alpha value is -3.02. The van der Waals surface area contributed by atoms with Crippen LogP contribution in [0.3, 0.4) is 0 Å². The van der Waals surface area contributed by atoms with Crippen molar-refractivity contribution >= 4 is 0 Å². The Labute approximate surface area is 133 Å². The smallest absolute Gasteiger partial charge is 0.258 e. The first kappa shape index (κ1) is 14.9. The first-order valence-corrected chi connectivity index (χ1v) is 6.96. The van der Waals surface area contributed by atoms with Gasteiger partial charge in [-0.1, -0.05) is 23.4 Å². The summed E-state index contributed by atoms with van der Waals surface area (Å²) < 4.78 is 21.3. The molecule has 23 heavy (non-hydrogen) atoms. The van der Waals surface area contributed by atoms with E-state index in [4.69, 9.17) is 18.7 Å². The summed E-state index contributed by atoms with van der Waals surface area (Å²) in [5, 5.41) is 4.03. The molecule has 0 N–H and O–H groups in total. The van der Waals surface area contributed by atoms with Crippen LogP contribution in [-0.4, -0.2) is 31.5 Å². The fourth-order valence-electron chi connectivity index (χ4n) is 2.25. The van der Waals surface area contributed by atoms with Gasteiger partial charge in [0.2, 0.25) is 11.6 Å². The van der Waals surface area contributed by atoms with Gasteiger partial charge in [0.25, 0.3) is 5.89 Å². The van der Waals surface area contributed by atoms with E-state index in [1.165, 1.54) is 0 Å². The normalized spacial score (nSPS) is 10.4. The minimum Gasteiger partial charge on any atom is -0.493 e. The van der Waals surface area contributed by atoms with Crippen molar-refractivity contribution in [1.82, 2.24) is 10.1 Å². The molecule has 0 bridgehead atoms. The van der Waals surface area contributed by atoms with E-state index in [1.807, 2.05) is 30.3 Å². The van der Waals surface area contributed by atoms with Crippen molar-refractivity contribution in [3.05, 3.63) is 42.5 Å². The second kappa shape index (κ2) is 6.39. The molecule has 118 valence electrons. The van der Waals surface area contributed by atoms with Crippen molar-refractivity contribution in [2.75, 3.05) is 21.3 Å². The largest absolute Gasteiger partial charge is 0.493 e. The zero-order valence-corrected chi connectivity index (χ0v) is 13.1. The lowest BCUT2D eigenvalue weighted by Gasteiger charge is -2.12. The fraction of sp³-hybridized carbons (Fsp3) is 0.176. The lowest BCUT2D eigenvalue weighted by atomic mass is 10.1. The van der Waals surface area contributed by atoms with E-state index in [9.17, 15) is 0 Å². The maximum Gasteiger partial charge on any atom is 0.258 e. The SMILES string of the molecule is COc1cc(-c2noc(-c3ccccc3)n2)cc(OC)c1OC. The number of methoxy groups -OCH3 is 3. The van der Waals surface area contributed by atoms with Crippen molar-refractivity contribution in [2.45, 2.75) is 0 Å². The molecule has 0 fully saturated rings. The molecule has 6 nitrogen and oxygen atoms in total. The summed E-state index contributed by atoms with van der Waals surface area (Å²) in [6, 6.07) is 13.1. The van der Waals surface area contributed by atoms with E-state index >= 15 is 0 Å². The minimum atomic E-state index is 0.447. The fourth-order valence-corrected chi connectivity index (χ4v) is 2.25. The number of nitrogens with zero attached hydrogens (tertiary/aromatic N) is 2. The van der Waals surface area contributed by atoms with Crippen LogP contribution in [0.15, 0.2) is 47.0 Å². The second-order valence-corrected chi connectivity index (χ2v) is 4.70.